The SMILES string of the molecule is CC(=O)O[C@@H]1C(=O)C2C(C)(C)OC3CC(=O)OC[C@@]32[C@@H]2CC[C@@]3(C)[C@H](c4ccoc4)OC(=O)[C@H]4O[C@]43[C@]12C. The molecule has 1 aromatic rings. The normalized spacial score (nSPS) is 49.9. The number of ketones is 1. The van der Waals surface area contributed by atoms with Gasteiger partial charge in [-0.2, -0.15) is 0 Å². The number of Topliss-reactive ketones (excluding diaryl/α,β-unsaturated/α-hetero) is 1. The third-order valence-electron chi connectivity index (χ3n) is 10.9. The summed E-state index contributed by atoms with van der Waals surface area (Å²) in [5.74, 6) is -2.73. The van der Waals surface area contributed by atoms with E-state index in [1.165, 1.54) is 13.2 Å². The molecule has 0 bridgehead atoms. The van der Waals surface area contributed by atoms with Crippen LogP contribution >= 0.6 is 0 Å². The van der Waals surface area contributed by atoms with E-state index < -0.39 is 69.7 Å². The first-order valence-electron chi connectivity index (χ1n) is 13.3. The smallest absolute Gasteiger partial charge is 0.339 e. The van der Waals surface area contributed by atoms with Crippen molar-refractivity contribution >= 4 is 23.7 Å². The number of hydrogen-bond donors (Lipinski definition) is 0. The van der Waals surface area contributed by atoms with Crippen LogP contribution in [0.25, 0.3) is 0 Å². The van der Waals surface area contributed by atoms with Crippen LogP contribution in [0, 0.1) is 28.1 Å². The van der Waals surface area contributed by atoms with Crippen LogP contribution < -0.4 is 0 Å². The zero-order chi connectivity index (χ0) is 27.0. The predicted molar refractivity (Wildman–Crippen MR) is 125 cm³/mol. The van der Waals surface area contributed by atoms with Crippen LogP contribution in [0.2, 0.25) is 0 Å². The van der Waals surface area contributed by atoms with Crippen LogP contribution in [-0.2, 0) is 42.9 Å². The molecule has 38 heavy (non-hydrogen) atoms. The first-order chi connectivity index (χ1) is 17.8. The van der Waals surface area contributed by atoms with Crippen molar-refractivity contribution in [3.05, 3.63) is 24.2 Å². The topological polar surface area (TPSA) is 131 Å². The molecule has 10 atom stereocenters. The van der Waals surface area contributed by atoms with Crippen LogP contribution in [0.15, 0.2) is 23.0 Å². The largest absolute Gasteiger partial charge is 0.472 e. The minimum absolute atomic E-state index is 0.0243. The van der Waals surface area contributed by atoms with Crippen LogP contribution in [0.5, 0.6) is 0 Å². The number of cyclic esters (lactones) is 2. The highest BCUT2D eigenvalue weighted by molar-refractivity contribution is 5.93. The number of hydrogen-bond acceptors (Lipinski definition) is 10. The van der Waals surface area contributed by atoms with Gasteiger partial charge in [-0.25, -0.2) is 4.79 Å². The lowest BCUT2D eigenvalue weighted by Gasteiger charge is -2.66. The minimum atomic E-state index is -1.18. The molecule has 2 spiro atoms. The van der Waals surface area contributed by atoms with Gasteiger partial charge in [0.15, 0.2) is 18.0 Å². The zero-order valence-corrected chi connectivity index (χ0v) is 22.1. The highest BCUT2D eigenvalue weighted by Gasteiger charge is 2.91. The summed E-state index contributed by atoms with van der Waals surface area (Å²) in [6.07, 6.45) is 1.01. The van der Waals surface area contributed by atoms with E-state index in [0.717, 1.165) is 0 Å². The Morgan fingerprint density at radius 2 is 1.84 bits per heavy atom. The summed E-state index contributed by atoms with van der Waals surface area (Å²) in [6, 6.07) is 1.77. The molecule has 0 radical (unpaired) electrons. The van der Waals surface area contributed by atoms with Gasteiger partial charge in [-0.1, -0.05) is 13.8 Å². The standard InChI is InChI=1S/C28H32O10/c1-13(29)35-21-18(31)19-24(2,3)37-16-10-17(30)34-12-27(16,19)15-6-8-25(4)20(14-7-9-33-11-14)36-23(32)22-28(25,38-22)26(15,21)5/h7,9,11,15-16,19-22H,6,8,10,12H2,1-5H3/t15-,16?,19?,20+,21-,22-,25+,26+,27-,28-/m1/s1. The Morgan fingerprint density at radius 3 is 2.53 bits per heavy atom. The molecule has 4 saturated heterocycles. The van der Waals surface area contributed by atoms with Crippen molar-refractivity contribution in [1.29, 1.82) is 0 Å². The van der Waals surface area contributed by atoms with Gasteiger partial charge >= 0.3 is 17.9 Å². The fourth-order valence-electron chi connectivity index (χ4n) is 9.84. The quantitative estimate of drug-likeness (QED) is 0.321. The van der Waals surface area contributed by atoms with Gasteiger partial charge in [0.1, 0.15) is 18.3 Å². The molecule has 5 heterocycles. The molecule has 7 rings (SSSR count). The van der Waals surface area contributed by atoms with E-state index in [4.69, 9.17) is 28.1 Å². The van der Waals surface area contributed by atoms with Crippen molar-refractivity contribution in [1.82, 2.24) is 0 Å². The summed E-state index contributed by atoms with van der Waals surface area (Å²) >= 11 is 0. The second kappa shape index (κ2) is 7.07. The van der Waals surface area contributed by atoms with Crippen LogP contribution in [0.3, 0.4) is 0 Å². The second-order valence-electron chi connectivity index (χ2n) is 12.9. The number of esters is 3. The number of fused-ring (bicyclic) bond motifs is 1. The summed E-state index contributed by atoms with van der Waals surface area (Å²) in [5, 5.41) is 0. The van der Waals surface area contributed by atoms with E-state index in [1.807, 2.05) is 27.7 Å². The maximum atomic E-state index is 14.6. The van der Waals surface area contributed by atoms with E-state index in [9.17, 15) is 19.2 Å². The Balaban J connectivity index is 1.46. The average Bonchev–Trinajstić information content (AvgIpc) is 3.30. The third-order valence-corrected chi connectivity index (χ3v) is 10.9. The lowest BCUT2D eigenvalue weighted by molar-refractivity contribution is -0.255. The lowest BCUT2D eigenvalue weighted by Crippen LogP contribution is -2.76. The fourth-order valence-corrected chi connectivity index (χ4v) is 9.84. The molecule has 2 saturated carbocycles. The Kier molecular flexibility index (Phi) is 4.53. The maximum Gasteiger partial charge on any atom is 0.339 e. The van der Waals surface area contributed by atoms with Crippen molar-refractivity contribution in [2.45, 2.75) is 89.5 Å². The van der Waals surface area contributed by atoms with Gasteiger partial charge in [-0.3, -0.25) is 14.4 Å². The van der Waals surface area contributed by atoms with Gasteiger partial charge in [0.05, 0.1) is 36.6 Å². The van der Waals surface area contributed by atoms with E-state index >= 15 is 0 Å². The van der Waals surface area contributed by atoms with Crippen LogP contribution in [-0.4, -0.2) is 59.8 Å². The maximum absolute atomic E-state index is 14.6. The Hall–Kier alpha value is -2.72. The van der Waals surface area contributed by atoms with E-state index in [-0.39, 0.29) is 30.7 Å². The highest BCUT2D eigenvalue weighted by atomic mass is 16.7. The third kappa shape index (κ3) is 2.48. The summed E-state index contributed by atoms with van der Waals surface area (Å²) < 4.78 is 35.8. The number of rotatable bonds is 2. The van der Waals surface area contributed by atoms with Crippen LogP contribution in [0.4, 0.5) is 0 Å². The summed E-state index contributed by atoms with van der Waals surface area (Å²) in [4.78, 5) is 52.9. The van der Waals surface area contributed by atoms with Crippen molar-refractivity contribution in [3.8, 4) is 0 Å². The molecule has 6 fully saturated rings. The fraction of sp³-hybridized carbons (Fsp3) is 0.714. The number of furan rings is 1. The summed E-state index contributed by atoms with van der Waals surface area (Å²) in [7, 11) is 0. The molecule has 2 unspecified atom stereocenters. The number of carbonyl (C=O) groups is 4. The highest BCUT2D eigenvalue weighted by Crippen LogP contribution is 2.80. The summed E-state index contributed by atoms with van der Waals surface area (Å²) in [6.45, 7) is 8.94. The number of ether oxygens (including phenoxy) is 5. The van der Waals surface area contributed by atoms with E-state index in [0.29, 0.717) is 18.4 Å². The predicted octanol–water partition coefficient (Wildman–Crippen LogP) is 2.68. The van der Waals surface area contributed by atoms with Gasteiger partial charge in [-0.05, 0) is 38.7 Å². The molecule has 4 aliphatic heterocycles. The van der Waals surface area contributed by atoms with E-state index in [1.54, 1.807) is 12.3 Å². The van der Waals surface area contributed by atoms with Gasteiger partial charge in [-0.15, -0.1) is 0 Å². The second-order valence-corrected chi connectivity index (χ2v) is 12.9. The number of carbonyl (C=O) groups excluding carboxylic acids is 4. The molecule has 0 N–H and O–H groups in total. The monoisotopic (exact) mass is 528 g/mol. The first kappa shape index (κ1) is 24.3. The van der Waals surface area contributed by atoms with Gasteiger partial charge < -0.3 is 28.1 Å². The van der Waals surface area contributed by atoms with Crippen molar-refractivity contribution in [2.24, 2.45) is 28.1 Å². The first-order valence-corrected chi connectivity index (χ1v) is 13.3. The molecule has 0 aromatic carbocycles. The molecule has 6 aliphatic rings. The molecule has 0 amide bonds. The zero-order valence-electron chi connectivity index (χ0n) is 22.1. The van der Waals surface area contributed by atoms with Gasteiger partial charge in [0.2, 0.25) is 0 Å². The Labute approximate surface area is 219 Å². The Morgan fingerprint density at radius 1 is 1.08 bits per heavy atom. The van der Waals surface area contributed by atoms with Gasteiger partial charge in [0.25, 0.3) is 0 Å². The van der Waals surface area contributed by atoms with E-state index in [2.05, 4.69) is 0 Å². The van der Waals surface area contributed by atoms with Crippen LogP contribution in [0.1, 0.15) is 65.5 Å². The molecule has 1 aromatic heterocycles. The van der Waals surface area contributed by atoms with Crippen molar-refractivity contribution in [2.75, 3.05) is 6.61 Å². The molecule has 204 valence electrons. The molecule has 10 heteroatoms. The molecular weight excluding hydrogens is 496 g/mol. The van der Waals surface area contributed by atoms with Gasteiger partial charge in [0, 0.05) is 28.7 Å². The molecule has 2 aliphatic carbocycles. The summed E-state index contributed by atoms with van der Waals surface area (Å²) in [5.41, 5.74) is -4.10. The van der Waals surface area contributed by atoms with Crippen molar-refractivity contribution in [3.63, 3.8) is 0 Å². The number of epoxide rings is 1. The average molecular weight is 529 g/mol. The molecule has 10 nitrogen and oxygen atoms in total. The minimum Gasteiger partial charge on any atom is -0.472 e. The molecular formula is C28H32O10. The van der Waals surface area contributed by atoms with Crippen molar-refractivity contribution < 1.29 is 47.3 Å². The Bertz CT molecular complexity index is 1270. The lowest BCUT2D eigenvalue weighted by atomic mass is 9.36.